The number of carbonyl (C=O) groups is 1. The smallest absolute Gasteiger partial charge is 0.259 e. The number of hydrogen-bond acceptors (Lipinski definition) is 4. The van der Waals surface area contributed by atoms with Crippen LogP contribution >= 0.6 is 61.8 Å². The number of hydrogen-bond donors (Lipinski definition) is 1. The molecule has 1 aromatic carbocycles. The molecule has 0 radical (unpaired) electrons. The largest absolute Gasteiger partial charge is 0.298 e. The zero-order chi connectivity index (χ0) is 14.3. The number of thiophene rings is 1. The average molecular weight is 408 g/mol. The predicted molar refractivity (Wildman–Crippen MR) is 89.6 cm³/mol. The third kappa shape index (κ3) is 2.71. The zero-order valence-electron chi connectivity index (χ0n) is 9.62. The number of nitrogens with one attached hydrogen (secondary N) is 1. The van der Waals surface area contributed by atoms with E-state index in [4.69, 9.17) is 23.2 Å². The van der Waals surface area contributed by atoms with Crippen LogP contribution in [0.3, 0.4) is 0 Å². The topological polar surface area (TPSA) is 42.0 Å². The van der Waals surface area contributed by atoms with Gasteiger partial charge in [0.1, 0.15) is 4.34 Å². The van der Waals surface area contributed by atoms with Gasteiger partial charge in [0.2, 0.25) is 0 Å². The van der Waals surface area contributed by atoms with Crippen molar-refractivity contribution in [2.45, 2.75) is 0 Å². The van der Waals surface area contributed by atoms with Gasteiger partial charge in [0, 0.05) is 4.47 Å². The molecule has 2 heterocycles. The van der Waals surface area contributed by atoms with E-state index in [-0.39, 0.29) is 5.91 Å². The Kier molecular flexibility index (Phi) is 4.01. The number of thiazole rings is 1. The average Bonchev–Trinajstić information content (AvgIpc) is 2.93. The summed E-state index contributed by atoms with van der Waals surface area (Å²) in [6.45, 7) is 0. The first-order valence-electron chi connectivity index (χ1n) is 5.36. The molecule has 8 heteroatoms. The first kappa shape index (κ1) is 14.3. The normalized spacial score (nSPS) is 10.9. The van der Waals surface area contributed by atoms with Gasteiger partial charge in [-0.25, -0.2) is 4.98 Å². The van der Waals surface area contributed by atoms with E-state index in [1.165, 1.54) is 11.3 Å². The number of benzene rings is 1. The number of para-hydroxylation sites is 1. The summed E-state index contributed by atoms with van der Waals surface area (Å²) in [4.78, 5) is 16.5. The van der Waals surface area contributed by atoms with Crippen molar-refractivity contribution in [3.8, 4) is 0 Å². The van der Waals surface area contributed by atoms with E-state index in [1.807, 2.05) is 18.2 Å². The van der Waals surface area contributed by atoms with Gasteiger partial charge in [0.05, 0.1) is 20.1 Å². The van der Waals surface area contributed by atoms with Crippen molar-refractivity contribution < 1.29 is 4.79 Å². The fourth-order valence-corrected chi connectivity index (χ4v) is 4.56. The number of amides is 1. The molecule has 0 aliphatic rings. The zero-order valence-corrected chi connectivity index (χ0v) is 14.3. The quantitative estimate of drug-likeness (QED) is 0.593. The van der Waals surface area contributed by atoms with Gasteiger partial charge < -0.3 is 0 Å². The van der Waals surface area contributed by atoms with Gasteiger partial charge in [0.15, 0.2) is 5.13 Å². The molecule has 3 aromatic rings. The second-order valence-corrected chi connectivity index (χ2v) is 7.97. The summed E-state index contributed by atoms with van der Waals surface area (Å²) in [6, 6.07) is 7.32. The molecule has 0 saturated carbocycles. The van der Waals surface area contributed by atoms with Gasteiger partial charge in [-0.15, -0.1) is 11.3 Å². The molecule has 3 nitrogen and oxygen atoms in total. The number of anilines is 1. The van der Waals surface area contributed by atoms with E-state index < -0.39 is 0 Å². The summed E-state index contributed by atoms with van der Waals surface area (Å²) in [5, 5.41) is 3.26. The SMILES string of the molecule is O=C(Nc1nc2c(Br)cccc2s1)c1cc(Cl)sc1Cl. The third-order valence-electron chi connectivity index (χ3n) is 2.49. The fourth-order valence-electron chi connectivity index (χ4n) is 1.63. The number of carbonyl (C=O) groups excluding carboxylic acids is 1. The summed E-state index contributed by atoms with van der Waals surface area (Å²) in [5.41, 5.74) is 1.18. The van der Waals surface area contributed by atoms with Crippen molar-refractivity contribution in [1.82, 2.24) is 4.98 Å². The van der Waals surface area contributed by atoms with Gasteiger partial charge in [0.25, 0.3) is 5.91 Å². The minimum Gasteiger partial charge on any atom is -0.298 e. The summed E-state index contributed by atoms with van der Waals surface area (Å²) in [7, 11) is 0. The van der Waals surface area contributed by atoms with Crippen LogP contribution in [0.4, 0.5) is 5.13 Å². The molecule has 0 spiro atoms. The van der Waals surface area contributed by atoms with E-state index >= 15 is 0 Å². The highest BCUT2D eigenvalue weighted by Crippen LogP contribution is 2.33. The highest BCUT2D eigenvalue weighted by molar-refractivity contribution is 9.10. The molecule has 0 saturated heterocycles. The van der Waals surface area contributed by atoms with Gasteiger partial charge in [-0.2, -0.15) is 0 Å². The molecular weight excluding hydrogens is 403 g/mol. The maximum Gasteiger partial charge on any atom is 0.259 e. The van der Waals surface area contributed by atoms with E-state index in [0.717, 1.165) is 26.0 Å². The van der Waals surface area contributed by atoms with Crippen LogP contribution in [-0.4, -0.2) is 10.9 Å². The van der Waals surface area contributed by atoms with Crippen LogP contribution in [0.25, 0.3) is 10.2 Å². The monoisotopic (exact) mass is 406 g/mol. The lowest BCUT2D eigenvalue weighted by molar-refractivity contribution is 0.102. The maximum absolute atomic E-state index is 12.1. The minimum atomic E-state index is -0.312. The molecule has 0 bridgehead atoms. The summed E-state index contributed by atoms with van der Waals surface area (Å²) >= 11 is 17.8. The van der Waals surface area contributed by atoms with Crippen LogP contribution in [0, 0.1) is 0 Å². The van der Waals surface area contributed by atoms with E-state index in [0.29, 0.717) is 19.4 Å². The molecule has 0 atom stereocenters. The van der Waals surface area contributed by atoms with Crippen LogP contribution in [0.5, 0.6) is 0 Å². The Morgan fingerprint density at radius 3 is 2.75 bits per heavy atom. The lowest BCUT2D eigenvalue weighted by Crippen LogP contribution is -2.10. The molecule has 3 rings (SSSR count). The Morgan fingerprint density at radius 1 is 1.30 bits per heavy atom. The summed E-state index contributed by atoms with van der Waals surface area (Å²) in [5.74, 6) is -0.312. The molecule has 1 N–H and O–H groups in total. The third-order valence-corrected chi connectivity index (χ3v) is 5.56. The van der Waals surface area contributed by atoms with Gasteiger partial charge >= 0.3 is 0 Å². The fraction of sp³-hybridized carbons (Fsp3) is 0. The Hall–Kier alpha value is -0.660. The van der Waals surface area contributed by atoms with Crippen LogP contribution in [0.2, 0.25) is 8.67 Å². The highest BCUT2D eigenvalue weighted by Gasteiger charge is 2.16. The number of nitrogens with zero attached hydrogens (tertiary/aromatic N) is 1. The van der Waals surface area contributed by atoms with Crippen LogP contribution in [-0.2, 0) is 0 Å². The molecule has 0 aliphatic heterocycles. The van der Waals surface area contributed by atoms with Crippen molar-refractivity contribution in [3.63, 3.8) is 0 Å². The van der Waals surface area contributed by atoms with Crippen molar-refractivity contribution in [2.24, 2.45) is 0 Å². The number of rotatable bonds is 2. The van der Waals surface area contributed by atoms with Crippen molar-refractivity contribution >= 4 is 83.1 Å². The van der Waals surface area contributed by atoms with E-state index in [1.54, 1.807) is 6.07 Å². The second kappa shape index (κ2) is 5.61. The molecule has 0 unspecified atom stereocenters. The molecule has 102 valence electrons. The van der Waals surface area contributed by atoms with Gasteiger partial charge in [-0.3, -0.25) is 10.1 Å². The van der Waals surface area contributed by atoms with E-state index in [9.17, 15) is 4.79 Å². The lowest BCUT2D eigenvalue weighted by atomic mass is 10.3. The Labute approximate surface area is 140 Å². The highest BCUT2D eigenvalue weighted by atomic mass is 79.9. The number of fused-ring (bicyclic) bond motifs is 1. The molecule has 0 fully saturated rings. The number of aromatic nitrogens is 1. The minimum absolute atomic E-state index is 0.312. The first-order chi connectivity index (χ1) is 9.54. The summed E-state index contributed by atoms with van der Waals surface area (Å²) in [6.07, 6.45) is 0. The van der Waals surface area contributed by atoms with Crippen molar-refractivity contribution in [2.75, 3.05) is 5.32 Å². The van der Waals surface area contributed by atoms with Gasteiger partial charge in [-0.1, -0.05) is 40.6 Å². The van der Waals surface area contributed by atoms with Crippen LogP contribution in [0.1, 0.15) is 10.4 Å². The molecule has 1 amide bonds. The first-order valence-corrected chi connectivity index (χ1v) is 8.54. The molecule has 2 aromatic heterocycles. The summed E-state index contributed by atoms with van der Waals surface area (Å²) < 4.78 is 2.73. The lowest BCUT2D eigenvalue weighted by Gasteiger charge is -1.98. The molecule has 20 heavy (non-hydrogen) atoms. The van der Waals surface area contributed by atoms with Crippen LogP contribution < -0.4 is 5.32 Å². The predicted octanol–water partition coefficient (Wildman–Crippen LogP) is 5.68. The van der Waals surface area contributed by atoms with Crippen molar-refractivity contribution in [1.29, 1.82) is 0 Å². The standard InChI is InChI=1S/C12H5BrCl2N2OS2/c13-6-2-1-3-7-9(6)16-12(19-7)17-11(18)5-4-8(14)20-10(5)15/h1-4H,(H,16,17,18). The maximum atomic E-state index is 12.1. The Morgan fingerprint density at radius 2 is 2.10 bits per heavy atom. The molecule has 0 aliphatic carbocycles. The Bertz CT molecular complexity index is 815. The van der Waals surface area contributed by atoms with E-state index in [2.05, 4.69) is 26.2 Å². The second-order valence-electron chi connectivity index (χ2n) is 3.80. The number of halogens is 3. The Balaban J connectivity index is 1.91. The molecular formula is C12H5BrCl2N2OS2. The van der Waals surface area contributed by atoms with Crippen LogP contribution in [0.15, 0.2) is 28.7 Å². The van der Waals surface area contributed by atoms with Gasteiger partial charge in [-0.05, 0) is 34.1 Å². The van der Waals surface area contributed by atoms with Crippen molar-refractivity contribution in [3.05, 3.63) is 43.0 Å².